The van der Waals surface area contributed by atoms with Crippen LogP contribution in [0.5, 0.6) is 0 Å². The number of guanidine groups is 1. The standard InChI is InChI=1S/C19H24Cl2N6O2/c1-2-22-19(24-6-5-23-17-15(21)12-14(20)13-25-17)27-9-7-26(8-10-27)18(28)16-4-3-11-29-16/h3-4,11-13H,2,5-10H2,1H3,(H,22,24)(H,23,25). The van der Waals surface area contributed by atoms with Gasteiger partial charge in [-0.15, -0.1) is 0 Å². The number of hydrogen-bond acceptors (Lipinski definition) is 5. The first-order valence-corrected chi connectivity index (χ1v) is 10.2. The van der Waals surface area contributed by atoms with E-state index < -0.39 is 0 Å². The third-order valence-corrected chi connectivity index (χ3v) is 4.90. The molecule has 1 saturated heterocycles. The molecule has 0 saturated carbocycles. The van der Waals surface area contributed by atoms with Gasteiger partial charge in [-0.05, 0) is 25.1 Å². The second-order valence-electron chi connectivity index (χ2n) is 6.40. The summed E-state index contributed by atoms with van der Waals surface area (Å²) in [6, 6.07) is 5.06. The van der Waals surface area contributed by atoms with Crippen molar-refractivity contribution in [3.05, 3.63) is 46.5 Å². The van der Waals surface area contributed by atoms with E-state index in [1.807, 2.05) is 6.92 Å². The first-order chi connectivity index (χ1) is 14.1. The van der Waals surface area contributed by atoms with Gasteiger partial charge in [0.05, 0.1) is 22.9 Å². The summed E-state index contributed by atoms with van der Waals surface area (Å²) in [4.78, 5) is 25.2. The number of amides is 1. The fourth-order valence-electron chi connectivity index (χ4n) is 2.98. The molecule has 1 aliphatic heterocycles. The molecule has 0 atom stereocenters. The predicted octanol–water partition coefficient (Wildman–Crippen LogP) is 2.82. The first-order valence-electron chi connectivity index (χ1n) is 9.49. The van der Waals surface area contributed by atoms with Crippen molar-refractivity contribution in [2.45, 2.75) is 6.92 Å². The number of anilines is 1. The summed E-state index contributed by atoms with van der Waals surface area (Å²) >= 11 is 12.0. The Labute approximate surface area is 179 Å². The molecule has 0 radical (unpaired) electrons. The Balaban J connectivity index is 1.51. The summed E-state index contributed by atoms with van der Waals surface area (Å²) in [5.74, 6) is 1.71. The molecule has 0 unspecified atom stereocenters. The molecule has 0 aromatic carbocycles. The van der Waals surface area contributed by atoms with Gasteiger partial charge in [-0.25, -0.2) is 4.98 Å². The number of hydrogen-bond donors (Lipinski definition) is 2. The van der Waals surface area contributed by atoms with Gasteiger partial charge in [0, 0.05) is 45.5 Å². The highest BCUT2D eigenvalue weighted by atomic mass is 35.5. The topological polar surface area (TPSA) is 86.0 Å². The van der Waals surface area contributed by atoms with Crippen molar-refractivity contribution in [1.29, 1.82) is 0 Å². The molecule has 0 spiro atoms. The molecule has 3 heterocycles. The number of nitrogens with one attached hydrogen (secondary N) is 2. The maximum atomic E-state index is 12.4. The molecular formula is C19H24Cl2N6O2. The number of carbonyl (C=O) groups excluding carboxylic acids is 1. The molecule has 2 aromatic heterocycles. The second-order valence-corrected chi connectivity index (χ2v) is 7.25. The lowest BCUT2D eigenvalue weighted by atomic mass is 10.3. The molecular weight excluding hydrogens is 415 g/mol. The van der Waals surface area contributed by atoms with Crippen LogP contribution in [0.3, 0.4) is 0 Å². The molecule has 29 heavy (non-hydrogen) atoms. The monoisotopic (exact) mass is 438 g/mol. The van der Waals surface area contributed by atoms with E-state index in [0.29, 0.717) is 60.9 Å². The summed E-state index contributed by atoms with van der Waals surface area (Å²) in [6.45, 7) is 6.57. The number of rotatable bonds is 6. The van der Waals surface area contributed by atoms with Crippen molar-refractivity contribution in [2.75, 3.05) is 51.1 Å². The van der Waals surface area contributed by atoms with Gasteiger partial charge < -0.3 is 24.9 Å². The predicted molar refractivity (Wildman–Crippen MR) is 115 cm³/mol. The zero-order valence-electron chi connectivity index (χ0n) is 16.2. The summed E-state index contributed by atoms with van der Waals surface area (Å²) in [5, 5.41) is 7.44. The highest BCUT2D eigenvalue weighted by Crippen LogP contribution is 2.22. The minimum atomic E-state index is -0.0758. The Bertz CT molecular complexity index is 835. The van der Waals surface area contributed by atoms with E-state index in [0.717, 1.165) is 12.5 Å². The third-order valence-electron chi connectivity index (χ3n) is 4.41. The molecule has 1 fully saturated rings. The minimum absolute atomic E-state index is 0.0758. The third kappa shape index (κ3) is 5.77. The zero-order valence-corrected chi connectivity index (χ0v) is 17.7. The van der Waals surface area contributed by atoms with Crippen LogP contribution in [0, 0.1) is 0 Å². The minimum Gasteiger partial charge on any atom is -0.459 e. The van der Waals surface area contributed by atoms with Crippen LogP contribution in [0.1, 0.15) is 17.5 Å². The first kappa shape index (κ1) is 21.3. The molecule has 1 amide bonds. The number of pyridine rings is 1. The fraction of sp³-hybridized carbons (Fsp3) is 0.421. The lowest BCUT2D eigenvalue weighted by Crippen LogP contribution is -2.53. The number of nitrogens with zero attached hydrogens (tertiary/aromatic N) is 4. The molecule has 1 aliphatic rings. The van der Waals surface area contributed by atoms with E-state index in [2.05, 4.69) is 25.5 Å². The maximum Gasteiger partial charge on any atom is 0.289 e. The largest absolute Gasteiger partial charge is 0.459 e. The SMILES string of the molecule is CCNC(=NCCNc1ncc(Cl)cc1Cl)N1CCN(C(=O)c2ccco2)CC1. The molecule has 0 aliphatic carbocycles. The Morgan fingerprint density at radius 1 is 1.28 bits per heavy atom. The van der Waals surface area contributed by atoms with Gasteiger partial charge in [0.25, 0.3) is 5.91 Å². The van der Waals surface area contributed by atoms with E-state index in [4.69, 9.17) is 27.6 Å². The Hall–Kier alpha value is -2.45. The molecule has 3 rings (SSSR count). The number of carbonyl (C=O) groups is 1. The molecule has 0 bridgehead atoms. The molecule has 2 aromatic rings. The average Bonchev–Trinajstić information content (AvgIpc) is 3.26. The number of furan rings is 1. The van der Waals surface area contributed by atoms with E-state index in [1.54, 1.807) is 29.3 Å². The highest BCUT2D eigenvalue weighted by Gasteiger charge is 2.25. The van der Waals surface area contributed by atoms with Gasteiger partial charge in [-0.3, -0.25) is 9.79 Å². The molecule has 10 heteroatoms. The van der Waals surface area contributed by atoms with E-state index in [9.17, 15) is 4.79 Å². The Morgan fingerprint density at radius 2 is 2.03 bits per heavy atom. The van der Waals surface area contributed by atoms with E-state index in [-0.39, 0.29) is 5.91 Å². The van der Waals surface area contributed by atoms with Crippen molar-refractivity contribution < 1.29 is 9.21 Å². The van der Waals surface area contributed by atoms with Gasteiger partial charge in [0.1, 0.15) is 5.82 Å². The van der Waals surface area contributed by atoms with Crippen LogP contribution in [0.15, 0.2) is 40.1 Å². The quantitative estimate of drug-likeness (QED) is 0.409. The van der Waals surface area contributed by atoms with Gasteiger partial charge in [-0.2, -0.15) is 0 Å². The van der Waals surface area contributed by atoms with Gasteiger partial charge in [0.15, 0.2) is 11.7 Å². The van der Waals surface area contributed by atoms with Crippen LogP contribution in [0.4, 0.5) is 5.82 Å². The Morgan fingerprint density at radius 3 is 2.69 bits per heavy atom. The number of halogens is 2. The molecule has 2 N–H and O–H groups in total. The summed E-state index contributed by atoms with van der Waals surface area (Å²) < 4.78 is 5.21. The van der Waals surface area contributed by atoms with Gasteiger partial charge >= 0.3 is 0 Å². The molecule has 8 nitrogen and oxygen atoms in total. The summed E-state index contributed by atoms with van der Waals surface area (Å²) in [5.41, 5.74) is 0. The van der Waals surface area contributed by atoms with Crippen molar-refractivity contribution in [3.8, 4) is 0 Å². The summed E-state index contributed by atoms with van der Waals surface area (Å²) in [6.07, 6.45) is 3.06. The van der Waals surface area contributed by atoms with Crippen LogP contribution in [0.2, 0.25) is 10.0 Å². The van der Waals surface area contributed by atoms with Gasteiger partial charge in [-0.1, -0.05) is 23.2 Å². The fourth-order valence-corrected chi connectivity index (χ4v) is 3.43. The zero-order chi connectivity index (χ0) is 20.6. The second kappa shape index (κ2) is 10.4. The van der Waals surface area contributed by atoms with Crippen LogP contribution >= 0.6 is 23.2 Å². The Kier molecular flexibility index (Phi) is 7.60. The van der Waals surface area contributed by atoms with E-state index >= 15 is 0 Å². The summed E-state index contributed by atoms with van der Waals surface area (Å²) in [7, 11) is 0. The number of aliphatic imine (C=N–C) groups is 1. The van der Waals surface area contributed by atoms with Crippen LogP contribution in [-0.2, 0) is 0 Å². The maximum absolute atomic E-state index is 12.4. The van der Waals surface area contributed by atoms with Crippen molar-refractivity contribution >= 4 is 40.9 Å². The normalized spacial score (nSPS) is 14.8. The number of piperazine rings is 1. The van der Waals surface area contributed by atoms with Crippen molar-refractivity contribution in [2.24, 2.45) is 4.99 Å². The van der Waals surface area contributed by atoms with Crippen LogP contribution < -0.4 is 10.6 Å². The highest BCUT2D eigenvalue weighted by molar-refractivity contribution is 6.35. The smallest absolute Gasteiger partial charge is 0.289 e. The van der Waals surface area contributed by atoms with E-state index in [1.165, 1.54) is 6.26 Å². The van der Waals surface area contributed by atoms with Crippen LogP contribution in [0.25, 0.3) is 0 Å². The van der Waals surface area contributed by atoms with Crippen molar-refractivity contribution in [1.82, 2.24) is 20.1 Å². The molecule has 156 valence electrons. The van der Waals surface area contributed by atoms with Crippen molar-refractivity contribution in [3.63, 3.8) is 0 Å². The van der Waals surface area contributed by atoms with Crippen LogP contribution in [-0.4, -0.2) is 72.5 Å². The number of aromatic nitrogens is 1. The van der Waals surface area contributed by atoms with Gasteiger partial charge in [0.2, 0.25) is 0 Å². The average molecular weight is 439 g/mol. The lowest BCUT2D eigenvalue weighted by molar-refractivity contribution is 0.0657. The lowest BCUT2D eigenvalue weighted by Gasteiger charge is -2.36.